The van der Waals surface area contributed by atoms with Crippen molar-refractivity contribution in [3.63, 3.8) is 0 Å². The molecule has 1 aliphatic rings. The van der Waals surface area contributed by atoms with Gasteiger partial charge in [0.2, 0.25) is 5.91 Å². The van der Waals surface area contributed by atoms with Gasteiger partial charge in [0.25, 0.3) is 0 Å². The third kappa shape index (κ3) is 3.67. The number of amides is 1. The van der Waals surface area contributed by atoms with Gasteiger partial charge in [0, 0.05) is 17.5 Å². The van der Waals surface area contributed by atoms with E-state index in [0.717, 1.165) is 18.4 Å². The number of carbonyl (C=O) groups is 1. The van der Waals surface area contributed by atoms with Crippen LogP contribution in [0.4, 0.5) is 0 Å². The maximum absolute atomic E-state index is 11.9. The van der Waals surface area contributed by atoms with Gasteiger partial charge in [-0.1, -0.05) is 29.8 Å². The molecule has 3 heteroatoms. The molecule has 1 fully saturated rings. The van der Waals surface area contributed by atoms with Crippen LogP contribution in [0.3, 0.4) is 0 Å². The first-order valence-corrected chi connectivity index (χ1v) is 6.69. The molecule has 2 rings (SSSR count). The van der Waals surface area contributed by atoms with E-state index in [-0.39, 0.29) is 17.9 Å². The van der Waals surface area contributed by atoms with Crippen LogP contribution in [0.5, 0.6) is 0 Å². The van der Waals surface area contributed by atoms with Crippen LogP contribution >= 0.6 is 0 Å². The van der Waals surface area contributed by atoms with Crippen LogP contribution in [0.1, 0.15) is 30.9 Å². The zero-order valence-corrected chi connectivity index (χ0v) is 11.6. The first-order valence-electron chi connectivity index (χ1n) is 6.69. The van der Waals surface area contributed by atoms with Gasteiger partial charge in [0.05, 0.1) is 6.61 Å². The average molecular weight is 259 g/mol. The van der Waals surface area contributed by atoms with Crippen molar-refractivity contribution >= 4 is 12.0 Å². The first-order chi connectivity index (χ1) is 9.04. The molecule has 0 atom stereocenters. The Hall–Kier alpha value is -1.61. The van der Waals surface area contributed by atoms with Crippen molar-refractivity contribution in [2.75, 3.05) is 13.2 Å². The van der Waals surface area contributed by atoms with Gasteiger partial charge in [0.15, 0.2) is 0 Å². The molecule has 1 aromatic carbocycles. The SMILES string of the molecule is C/C(=C/c1ccc(C)cc1)C(=O)NCC1(CO)CC1. The maximum Gasteiger partial charge on any atom is 0.246 e. The highest BCUT2D eigenvalue weighted by molar-refractivity contribution is 5.97. The standard InChI is InChI=1S/C16H21NO2/c1-12-3-5-14(6-4-12)9-13(2)15(19)17-10-16(11-18)7-8-16/h3-6,9,18H,7-8,10-11H2,1-2H3,(H,17,19)/b13-9-. The zero-order chi connectivity index (χ0) is 13.9. The van der Waals surface area contributed by atoms with Crippen molar-refractivity contribution in [3.05, 3.63) is 41.0 Å². The van der Waals surface area contributed by atoms with E-state index in [4.69, 9.17) is 0 Å². The van der Waals surface area contributed by atoms with Crippen molar-refractivity contribution in [2.45, 2.75) is 26.7 Å². The van der Waals surface area contributed by atoms with Crippen LogP contribution in [-0.4, -0.2) is 24.2 Å². The van der Waals surface area contributed by atoms with Crippen LogP contribution < -0.4 is 5.32 Å². The van der Waals surface area contributed by atoms with E-state index in [0.29, 0.717) is 12.1 Å². The molecule has 0 unspecified atom stereocenters. The van der Waals surface area contributed by atoms with Gasteiger partial charge >= 0.3 is 0 Å². The molecule has 1 aliphatic carbocycles. The van der Waals surface area contributed by atoms with E-state index in [9.17, 15) is 9.90 Å². The Morgan fingerprint density at radius 3 is 2.53 bits per heavy atom. The highest BCUT2D eigenvalue weighted by Gasteiger charge is 2.42. The molecule has 1 aromatic rings. The Balaban J connectivity index is 1.93. The summed E-state index contributed by atoms with van der Waals surface area (Å²) in [7, 11) is 0. The van der Waals surface area contributed by atoms with Gasteiger partial charge in [-0.3, -0.25) is 4.79 Å². The molecule has 0 aliphatic heterocycles. The van der Waals surface area contributed by atoms with Gasteiger partial charge in [-0.25, -0.2) is 0 Å². The second kappa shape index (κ2) is 5.57. The summed E-state index contributed by atoms with van der Waals surface area (Å²) in [6.07, 6.45) is 3.89. The highest BCUT2D eigenvalue weighted by atomic mass is 16.3. The van der Waals surface area contributed by atoms with Crippen molar-refractivity contribution < 1.29 is 9.90 Å². The lowest BCUT2D eigenvalue weighted by Gasteiger charge is -2.12. The summed E-state index contributed by atoms with van der Waals surface area (Å²) in [4.78, 5) is 11.9. The summed E-state index contributed by atoms with van der Waals surface area (Å²) in [6.45, 7) is 4.58. The van der Waals surface area contributed by atoms with Crippen molar-refractivity contribution in [3.8, 4) is 0 Å². The van der Waals surface area contributed by atoms with E-state index in [1.54, 1.807) is 0 Å². The number of carbonyl (C=O) groups excluding carboxylic acids is 1. The molecule has 3 nitrogen and oxygen atoms in total. The number of nitrogens with one attached hydrogen (secondary N) is 1. The molecule has 0 saturated heterocycles. The number of rotatable bonds is 5. The van der Waals surface area contributed by atoms with Crippen LogP contribution in [0.25, 0.3) is 6.08 Å². The average Bonchev–Trinajstić information content (AvgIpc) is 3.19. The fraction of sp³-hybridized carbons (Fsp3) is 0.438. The van der Waals surface area contributed by atoms with Crippen LogP contribution in [0.2, 0.25) is 0 Å². The van der Waals surface area contributed by atoms with E-state index < -0.39 is 0 Å². The largest absolute Gasteiger partial charge is 0.396 e. The Labute approximate surface area is 114 Å². The topological polar surface area (TPSA) is 49.3 Å². The number of aliphatic hydroxyl groups is 1. The molecule has 1 saturated carbocycles. The lowest BCUT2D eigenvalue weighted by Crippen LogP contribution is -2.32. The quantitative estimate of drug-likeness (QED) is 0.797. The van der Waals surface area contributed by atoms with Gasteiger partial charge in [-0.2, -0.15) is 0 Å². The lowest BCUT2D eigenvalue weighted by molar-refractivity contribution is -0.117. The molecule has 0 aromatic heterocycles. The summed E-state index contributed by atoms with van der Waals surface area (Å²) >= 11 is 0. The number of aliphatic hydroxyl groups excluding tert-OH is 1. The fourth-order valence-corrected chi connectivity index (χ4v) is 1.95. The molecular formula is C16H21NO2. The number of hydrogen-bond donors (Lipinski definition) is 2. The minimum absolute atomic E-state index is 0.0419. The molecule has 0 heterocycles. The van der Waals surface area contributed by atoms with Crippen molar-refractivity contribution in [1.82, 2.24) is 5.32 Å². The Morgan fingerprint density at radius 1 is 1.37 bits per heavy atom. The Morgan fingerprint density at radius 2 is 2.00 bits per heavy atom. The zero-order valence-electron chi connectivity index (χ0n) is 11.6. The third-order valence-corrected chi connectivity index (χ3v) is 3.74. The second-order valence-corrected chi connectivity index (χ2v) is 5.58. The number of hydrogen-bond acceptors (Lipinski definition) is 2. The molecular weight excluding hydrogens is 238 g/mol. The normalized spacial score (nSPS) is 17.1. The molecule has 19 heavy (non-hydrogen) atoms. The molecule has 2 N–H and O–H groups in total. The molecule has 1 amide bonds. The molecule has 0 bridgehead atoms. The van der Waals surface area contributed by atoms with Gasteiger partial charge in [-0.15, -0.1) is 0 Å². The Kier molecular flexibility index (Phi) is 4.05. The van der Waals surface area contributed by atoms with E-state index in [1.807, 2.05) is 44.2 Å². The molecule has 0 radical (unpaired) electrons. The first kappa shape index (κ1) is 13.8. The van der Waals surface area contributed by atoms with Crippen molar-refractivity contribution in [2.24, 2.45) is 5.41 Å². The third-order valence-electron chi connectivity index (χ3n) is 3.74. The number of benzene rings is 1. The monoisotopic (exact) mass is 259 g/mol. The van der Waals surface area contributed by atoms with Crippen molar-refractivity contribution in [1.29, 1.82) is 0 Å². The van der Waals surface area contributed by atoms with Gasteiger partial charge < -0.3 is 10.4 Å². The van der Waals surface area contributed by atoms with Gasteiger partial charge in [0.1, 0.15) is 0 Å². The maximum atomic E-state index is 11.9. The molecule has 102 valence electrons. The lowest BCUT2D eigenvalue weighted by atomic mass is 10.1. The second-order valence-electron chi connectivity index (χ2n) is 5.58. The summed E-state index contributed by atoms with van der Waals surface area (Å²) < 4.78 is 0. The van der Waals surface area contributed by atoms with Crippen LogP contribution in [-0.2, 0) is 4.79 Å². The fourth-order valence-electron chi connectivity index (χ4n) is 1.95. The molecule has 0 spiro atoms. The smallest absolute Gasteiger partial charge is 0.246 e. The van der Waals surface area contributed by atoms with Crippen LogP contribution in [0, 0.1) is 12.3 Å². The highest BCUT2D eigenvalue weighted by Crippen LogP contribution is 2.44. The number of aryl methyl sites for hydroxylation is 1. The summed E-state index contributed by atoms with van der Waals surface area (Å²) in [5, 5.41) is 12.1. The van der Waals surface area contributed by atoms with Crippen LogP contribution in [0.15, 0.2) is 29.8 Å². The summed E-state index contributed by atoms with van der Waals surface area (Å²) in [5.41, 5.74) is 2.89. The predicted octanol–water partition coefficient (Wildman–Crippen LogP) is 2.29. The minimum Gasteiger partial charge on any atom is -0.396 e. The minimum atomic E-state index is -0.0553. The Bertz CT molecular complexity index is 484. The van der Waals surface area contributed by atoms with E-state index >= 15 is 0 Å². The predicted molar refractivity (Wildman–Crippen MR) is 76.6 cm³/mol. The summed E-state index contributed by atoms with van der Waals surface area (Å²) in [5.74, 6) is -0.0553. The van der Waals surface area contributed by atoms with E-state index in [2.05, 4.69) is 5.32 Å². The summed E-state index contributed by atoms with van der Waals surface area (Å²) in [6, 6.07) is 8.06. The van der Waals surface area contributed by atoms with Gasteiger partial charge in [-0.05, 0) is 38.3 Å². The van der Waals surface area contributed by atoms with E-state index in [1.165, 1.54) is 5.56 Å².